The predicted molar refractivity (Wildman–Crippen MR) is 107 cm³/mol. The van der Waals surface area contributed by atoms with Crippen LogP contribution >= 0.6 is 15.9 Å². The molecule has 146 valence electrons. The van der Waals surface area contributed by atoms with Gasteiger partial charge in [0.15, 0.2) is 5.78 Å². The second-order valence-electron chi connectivity index (χ2n) is 6.67. The molecule has 27 heavy (non-hydrogen) atoms. The Morgan fingerprint density at radius 2 is 2.04 bits per heavy atom. The van der Waals surface area contributed by atoms with E-state index in [0.29, 0.717) is 24.9 Å². The first-order valence-electron chi connectivity index (χ1n) is 9.35. The fourth-order valence-corrected chi connectivity index (χ4v) is 3.59. The molecule has 1 aromatic rings. The molecule has 1 fully saturated rings. The van der Waals surface area contributed by atoms with Crippen LogP contribution in [0.4, 0.5) is 0 Å². The molecule has 0 bridgehead atoms. The van der Waals surface area contributed by atoms with Crippen molar-refractivity contribution in [1.82, 2.24) is 4.90 Å². The van der Waals surface area contributed by atoms with Gasteiger partial charge in [0.2, 0.25) is 5.91 Å². The van der Waals surface area contributed by atoms with Gasteiger partial charge in [-0.15, -0.1) is 0 Å². The Labute approximate surface area is 168 Å². The summed E-state index contributed by atoms with van der Waals surface area (Å²) in [6.07, 6.45) is 8.78. The first-order chi connectivity index (χ1) is 13.0. The maximum Gasteiger partial charge on any atom is 0.305 e. The molecule has 1 aliphatic rings. The van der Waals surface area contributed by atoms with Crippen LogP contribution in [0.3, 0.4) is 0 Å². The van der Waals surface area contributed by atoms with Gasteiger partial charge in [0.1, 0.15) is 0 Å². The van der Waals surface area contributed by atoms with Gasteiger partial charge in [0.25, 0.3) is 0 Å². The highest BCUT2D eigenvalue weighted by Gasteiger charge is 2.28. The van der Waals surface area contributed by atoms with E-state index < -0.39 is 0 Å². The number of allylic oxidation sites excluding steroid dienone is 1. The van der Waals surface area contributed by atoms with E-state index in [1.807, 2.05) is 23.1 Å². The molecule has 0 unspecified atom stereocenters. The summed E-state index contributed by atoms with van der Waals surface area (Å²) in [7, 11) is 1.40. The third kappa shape index (κ3) is 6.94. The molecule has 1 aromatic carbocycles. The largest absolute Gasteiger partial charge is 0.469 e. The number of amides is 1. The smallest absolute Gasteiger partial charge is 0.305 e. The number of unbranched alkanes of at least 4 members (excludes halogenated alkanes) is 3. The van der Waals surface area contributed by atoms with E-state index in [1.54, 1.807) is 18.2 Å². The number of carbonyl (C=O) groups is 3. The Morgan fingerprint density at radius 1 is 1.26 bits per heavy atom. The molecule has 5 nitrogen and oxygen atoms in total. The Morgan fingerprint density at radius 3 is 2.78 bits per heavy atom. The highest BCUT2D eigenvalue weighted by atomic mass is 79.9. The summed E-state index contributed by atoms with van der Waals surface area (Å²) in [4.78, 5) is 37.4. The number of rotatable bonds is 10. The van der Waals surface area contributed by atoms with Crippen molar-refractivity contribution < 1.29 is 19.1 Å². The lowest BCUT2D eigenvalue weighted by atomic mass is 10.1. The summed E-state index contributed by atoms with van der Waals surface area (Å²) < 4.78 is 5.49. The average Bonchev–Trinajstić information content (AvgIpc) is 3.02. The number of ether oxygens (including phenoxy) is 1. The minimum Gasteiger partial charge on any atom is -0.469 e. The zero-order chi connectivity index (χ0) is 19.6. The van der Waals surface area contributed by atoms with Crippen molar-refractivity contribution in [2.75, 3.05) is 13.7 Å². The molecule has 1 amide bonds. The van der Waals surface area contributed by atoms with Crippen LogP contribution in [-0.2, 0) is 14.3 Å². The van der Waals surface area contributed by atoms with Crippen LogP contribution in [0.5, 0.6) is 0 Å². The molecule has 0 radical (unpaired) electrons. The van der Waals surface area contributed by atoms with Crippen LogP contribution in [-0.4, -0.2) is 42.3 Å². The number of ketones is 1. The van der Waals surface area contributed by atoms with Crippen LogP contribution in [0.1, 0.15) is 55.3 Å². The summed E-state index contributed by atoms with van der Waals surface area (Å²) in [5, 5.41) is 0. The molecule has 0 spiro atoms. The summed E-state index contributed by atoms with van der Waals surface area (Å²) in [5.41, 5.74) is 0.627. The van der Waals surface area contributed by atoms with E-state index in [2.05, 4.69) is 20.7 Å². The van der Waals surface area contributed by atoms with Crippen LogP contribution in [0.25, 0.3) is 0 Å². The van der Waals surface area contributed by atoms with Gasteiger partial charge in [-0.1, -0.05) is 47.0 Å². The molecular formula is C21H26BrNO4. The molecule has 0 aliphatic carbocycles. The molecule has 0 N–H and O–H groups in total. The third-order valence-electron chi connectivity index (χ3n) is 4.71. The maximum atomic E-state index is 12.3. The fraction of sp³-hybridized carbons (Fsp3) is 0.476. The number of hydrogen-bond acceptors (Lipinski definition) is 4. The second-order valence-corrected chi connectivity index (χ2v) is 7.58. The summed E-state index contributed by atoms with van der Waals surface area (Å²) in [6.45, 7) is 0.692. The van der Waals surface area contributed by atoms with Gasteiger partial charge in [0, 0.05) is 29.4 Å². The monoisotopic (exact) mass is 435 g/mol. The Hall–Kier alpha value is -1.95. The summed E-state index contributed by atoms with van der Waals surface area (Å²) in [6, 6.07) is 7.27. The maximum absolute atomic E-state index is 12.3. The van der Waals surface area contributed by atoms with Crippen LogP contribution in [0, 0.1) is 0 Å². The first-order valence-corrected chi connectivity index (χ1v) is 10.1. The number of methoxy groups -OCH3 is 1. The van der Waals surface area contributed by atoms with E-state index in [4.69, 9.17) is 0 Å². The van der Waals surface area contributed by atoms with Crippen molar-refractivity contribution >= 4 is 33.6 Å². The minimum absolute atomic E-state index is 0.0105. The zero-order valence-electron chi connectivity index (χ0n) is 15.7. The molecule has 6 heteroatoms. The lowest BCUT2D eigenvalue weighted by molar-refractivity contribution is -0.140. The second kappa shape index (κ2) is 11.0. The van der Waals surface area contributed by atoms with Gasteiger partial charge in [-0.3, -0.25) is 14.4 Å². The number of benzene rings is 1. The summed E-state index contributed by atoms with van der Waals surface area (Å²) >= 11 is 3.37. The zero-order valence-corrected chi connectivity index (χ0v) is 17.2. The number of nitrogens with zero attached hydrogens (tertiary/aromatic N) is 1. The van der Waals surface area contributed by atoms with E-state index in [-0.39, 0.29) is 23.7 Å². The minimum atomic E-state index is -0.176. The average molecular weight is 436 g/mol. The van der Waals surface area contributed by atoms with Crippen LogP contribution < -0.4 is 0 Å². The van der Waals surface area contributed by atoms with E-state index in [9.17, 15) is 14.4 Å². The van der Waals surface area contributed by atoms with Gasteiger partial charge < -0.3 is 9.64 Å². The SMILES string of the molecule is COC(=O)CCCCCCN1C(=O)CC[C@@H]1C=CC(=O)c1cccc(Br)c1. The van der Waals surface area contributed by atoms with E-state index >= 15 is 0 Å². The van der Waals surface area contributed by atoms with Crippen molar-refractivity contribution in [3.8, 4) is 0 Å². The standard InChI is InChI=1S/C21H26BrNO4/c1-27-21(26)9-4-2-3-5-14-23-18(11-13-20(23)25)10-12-19(24)16-7-6-8-17(22)15-16/h6-8,10,12,15,18H,2-5,9,11,13-14H2,1H3/t18-/m0/s1. The van der Waals surface area contributed by atoms with Crippen molar-refractivity contribution in [3.63, 3.8) is 0 Å². The van der Waals surface area contributed by atoms with Crippen LogP contribution in [0.15, 0.2) is 40.9 Å². The molecule has 1 saturated heterocycles. The first kappa shape index (κ1) is 21.4. The molecule has 0 aromatic heterocycles. The lowest BCUT2D eigenvalue weighted by Gasteiger charge is -2.22. The number of hydrogen-bond donors (Lipinski definition) is 0. The lowest BCUT2D eigenvalue weighted by Crippen LogP contribution is -2.32. The number of esters is 1. The van der Waals surface area contributed by atoms with Crippen molar-refractivity contribution in [3.05, 3.63) is 46.5 Å². The Kier molecular flexibility index (Phi) is 8.72. The number of halogens is 1. The van der Waals surface area contributed by atoms with Crippen molar-refractivity contribution in [2.24, 2.45) is 0 Å². The number of likely N-dealkylation sites (tertiary alicyclic amines) is 1. The predicted octanol–water partition coefficient (Wildman–Crippen LogP) is 4.30. The van der Waals surface area contributed by atoms with Crippen molar-refractivity contribution in [2.45, 2.75) is 51.0 Å². The molecular weight excluding hydrogens is 410 g/mol. The summed E-state index contributed by atoms with van der Waals surface area (Å²) in [5.74, 6) is -0.0856. The molecule has 2 rings (SSSR count). The van der Waals surface area contributed by atoms with Gasteiger partial charge in [0.05, 0.1) is 13.2 Å². The highest BCUT2D eigenvalue weighted by molar-refractivity contribution is 9.10. The highest BCUT2D eigenvalue weighted by Crippen LogP contribution is 2.21. The molecule has 1 aliphatic heterocycles. The van der Waals surface area contributed by atoms with Gasteiger partial charge in [-0.25, -0.2) is 0 Å². The van der Waals surface area contributed by atoms with Gasteiger partial charge in [-0.2, -0.15) is 0 Å². The number of carbonyl (C=O) groups excluding carboxylic acids is 3. The normalized spacial score (nSPS) is 16.9. The van der Waals surface area contributed by atoms with Gasteiger partial charge in [-0.05, 0) is 37.5 Å². The molecule has 0 saturated carbocycles. The Bertz CT molecular complexity index is 701. The third-order valence-corrected chi connectivity index (χ3v) is 5.20. The quantitative estimate of drug-likeness (QED) is 0.237. The van der Waals surface area contributed by atoms with E-state index in [0.717, 1.165) is 36.6 Å². The molecule has 1 atom stereocenters. The van der Waals surface area contributed by atoms with E-state index in [1.165, 1.54) is 7.11 Å². The fourth-order valence-electron chi connectivity index (χ4n) is 3.19. The van der Waals surface area contributed by atoms with Crippen molar-refractivity contribution in [1.29, 1.82) is 0 Å². The molecule has 1 heterocycles. The van der Waals surface area contributed by atoms with Gasteiger partial charge >= 0.3 is 5.97 Å². The Balaban J connectivity index is 1.79. The topological polar surface area (TPSA) is 63.7 Å². The van der Waals surface area contributed by atoms with Crippen LogP contribution in [0.2, 0.25) is 0 Å².